The first-order valence-electron chi connectivity index (χ1n) is 9.97. The van der Waals surface area contributed by atoms with Crippen LogP contribution in [0.4, 0.5) is 10.2 Å². The van der Waals surface area contributed by atoms with Crippen LogP contribution in [0.3, 0.4) is 0 Å². The number of nitrogens with zero attached hydrogens (tertiary/aromatic N) is 2. The van der Waals surface area contributed by atoms with E-state index in [1.807, 2.05) is 0 Å². The van der Waals surface area contributed by atoms with Gasteiger partial charge in [0.2, 0.25) is 5.91 Å². The Bertz CT molecular complexity index is 1420. The third kappa shape index (κ3) is 5.05. The second-order valence-corrected chi connectivity index (χ2v) is 7.60. The standard InChI is InChI=1S/C24H18ClFN4O4/c1-33-24(32)17-9-20(28-12-19(17)26)14-6-15-7-16(34-23(15)18(25)8-14)11-30-22(31)5-3-13-2-4-21(27)29-10-13/h2-10,12H,11H2,1H3,(H2,27,29)(H,30,31)/b5-3+. The van der Waals surface area contributed by atoms with E-state index in [9.17, 15) is 14.0 Å². The van der Waals surface area contributed by atoms with E-state index in [4.69, 9.17) is 21.8 Å². The van der Waals surface area contributed by atoms with Gasteiger partial charge in [0.05, 0.1) is 36.1 Å². The van der Waals surface area contributed by atoms with Crippen LogP contribution in [-0.4, -0.2) is 29.0 Å². The van der Waals surface area contributed by atoms with Gasteiger partial charge in [-0.15, -0.1) is 0 Å². The summed E-state index contributed by atoms with van der Waals surface area (Å²) < 4.78 is 24.3. The molecule has 3 aromatic heterocycles. The van der Waals surface area contributed by atoms with Gasteiger partial charge < -0.3 is 20.2 Å². The lowest BCUT2D eigenvalue weighted by atomic mass is 10.1. The number of nitrogens with two attached hydrogens (primary N) is 1. The highest BCUT2D eigenvalue weighted by atomic mass is 35.5. The Morgan fingerprint density at radius 3 is 2.76 bits per heavy atom. The van der Waals surface area contributed by atoms with Crippen LogP contribution in [0.2, 0.25) is 5.02 Å². The minimum absolute atomic E-state index is 0.130. The van der Waals surface area contributed by atoms with Gasteiger partial charge in [0.15, 0.2) is 11.4 Å². The molecule has 0 unspecified atom stereocenters. The lowest BCUT2D eigenvalue weighted by Crippen LogP contribution is -2.19. The molecule has 0 saturated heterocycles. The normalized spacial score (nSPS) is 11.1. The average molecular weight is 481 g/mol. The van der Waals surface area contributed by atoms with E-state index >= 15 is 0 Å². The molecule has 4 aromatic rings. The molecule has 0 bridgehead atoms. The summed E-state index contributed by atoms with van der Waals surface area (Å²) in [5.41, 5.74) is 7.35. The Morgan fingerprint density at radius 2 is 2.03 bits per heavy atom. The number of rotatable bonds is 6. The number of furan rings is 1. The molecule has 0 saturated carbocycles. The number of anilines is 1. The number of ether oxygens (including phenoxy) is 1. The summed E-state index contributed by atoms with van der Waals surface area (Å²) in [6.45, 7) is 0.130. The third-order valence-corrected chi connectivity index (χ3v) is 5.13. The number of benzene rings is 1. The molecule has 0 aliphatic carbocycles. The first kappa shape index (κ1) is 22.9. The molecule has 1 aromatic carbocycles. The molecule has 1 amide bonds. The summed E-state index contributed by atoms with van der Waals surface area (Å²) in [6, 6.07) is 9.74. The summed E-state index contributed by atoms with van der Waals surface area (Å²) in [7, 11) is 1.17. The molecule has 8 nitrogen and oxygen atoms in total. The number of hydrogen-bond acceptors (Lipinski definition) is 7. The van der Waals surface area contributed by atoms with Crippen molar-refractivity contribution in [3.8, 4) is 11.3 Å². The second kappa shape index (κ2) is 9.72. The highest BCUT2D eigenvalue weighted by molar-refractivity contribution is 6.35. The highest BCUT2D eigenvalue weighted by Crippen LogP contribution is 2.32. The first-order valence-corrected chi connectivity index (χ1v) is 10.4. The van der Waals surface area contributed by atoms with Crippen LogP contribution < -0.4 is 11.1 Å². The van der Waals surface area contributed by atoms with Crippen molar-refractivity contribution >= 4 is 46.3 Å². The maximum absolute atomic E-state index is 13.9. The van der Waals surface area contributed by atoms with Gasteiger partial charge in [-0.1, -0.05) is 11.6 Å². The number of nitrogen functional groups attached to an aromatic ring is 1. The number of aromatic nitrogens is 2. The van der Waals surface area contributed by atoms with Crippen LogP contribution >= 0.6 is 11.6 Å². The molecule has 172 valence electrons. The van der Waals surface area contributed by atoms with Crippen molar-refractivity contribution in [1.29, 1.82) is 0 Å². The summed E-state index contributed by atoms with van der Waals surface area (Å²) >= 11 is 6.38. The van der Waals surface area contributed by atoms with Crippen LogP contribution in [0, 0.1) is 5.82 Å². The number of esters is 1. The van der Waals surface area contributed by atoms with Crippen molar-refractivity contribution in [3.05, 3.63) is 82.6 Å². The number of hydrogen-bond donors (Lipinski definition) is 2. The zero-order valence-corrected chi connectivity index (χ0v) is 18.6. The Balaban J connectivity index is 1.51. The lowest BCUT2D eigenvalue weighted by Gasteiger charge is -2.06. The first-order chi connectivity index (χ1) is 16.3. The minimum Gasteiger partial charge on any atom is -0.465 e. The number of fused-ring (bicyclic) bond motifs is 1. The molecule has 4 rings (SSSR count). The van der Waals surface area contributed by atoms with Gasteiger partial charge in [-0.25, -0.2) is 14.2 Å². The monoisotopic (exact) mass is 480 g/mol. The van der Waals surface area contributed by atoms with E-state index in [2.05, 4.69) is 20.0 Å². The average Bonchev–Trinajstić information content (AvgIpc) is 3.26. The molecule has 0 atom stereocenters. The number of nitrogens with one attached hydrogen (secondary N) is 1. The molecule has 3 heterocycles. The van der Waals surface area contributed by atoms with E-state index in [0.29, 0.717) is 38.8 Å². The van der Waals surface area contributed by atoms with Crippen LogP contribution in [0.15, 0.2) is 59.3 Å². The Morgan fingerprint density at radius 1 is 1.21 bits per heavy atom. The number of methoxy groups -OCH3 is 1. The van der Waals surface area contributed by atoms with Crippen molar-refractivity contribution in [2.45, 2.75) is 6.54 Å². The smallest absolute Gasteiger partial charge is 0.340 e. The van der Waals surface area contributed by atoms with Gasteiger partial charge >= 0.3 is 5.97 Å². The summed E-state index contributed by atoms with van der Waals surface area (Å²) in [4.78, 5) is 31.9. The molecule has 0 aliphatic rings. The van der Waals surface area contributed by atoms with Crippen molar-refractivity contribution in [2.24, 2.45) is 0 Å². The van der Waals surface area contributed by atoms with Crippen LogP contribution in [0.1, 0.15) is 21.7 Å². The molecule has 0 aliphatic heterocycles. The predicted octanol–water partition coefficient (Wildman–Crippen LogP) is 4.38. The van der Waals surface area contributed by atoms with Gasteiger partial charge in [0, 0.05) is 23.2 Å². The van der Waals surface area contributed by atoms with Crippen LogP contribution in [0.25, 0.3) is 28.3 Å². The van der Waals surface area contributed by atoms with Gasteiger partial charge in [-0.05, 0) is 48.0 Å². The predicted molar refractivity (Wildman–Crippen MR) is 125 cm³/mol. The minimum atomic E-state index is -0.809. The fourth-order valence-corrected chi connectivity index (χ4v) is 3.45. The second-order valence-electron chi connectivity index (χ2n) is 7.20. The molecule has 0 radical (unpaired) electrons. The molecular formula is C24H18ClFN4O4. The number of carbonyl (C=O) groups excluding carboxylic acids is 2. The lowest BCUT2D eigenvalue weighted by molar-refractivity contribution is -0.116. The van der Waals surface area contributed by atoms with Crippen molar-refractivity contribution in [3.63, 3.8) is 0 Å². The molecular weight excluding hydrogens is 463 g/mol. The van der Waals surface area contributed by atoms with Gasteiger partial charge in [-0.3, -0.25) is 9.78 Å². The maximum Gasteiger partial charge on any atom is 0.340 e. The maximum atomic E-state index is 13.9. The highest BCUT2D eigenvalue weighted by Gasteiger charge is 2.16. The number of pyridine rings is 2. The number of halogens is 2. The van der Waals surface area contributed by atoms with E-state index < -0.39 is 11.8 Å². The van der Waals surface area contributed by atoms with E-state index in [-0.39, 0.29) is 18.0 Å². The summed E-state index contributed by atoms with van der Waals surface area (Å²) in [6.07, 6.45) is 5.49. The number of amides is 1. The fourth-order valence-electron chi connectivity index (χ4n) is 3.18. The Hall–Kier alpha value is -4.24. The largest absolute Gasteiger partial charge is 0.465 e. The quantitative estimate of drug-likeness (QED) is 0.310. The number of carbonyl (C=O) groups is 2. The van der Waals surface area contributed by atoms with Crippen LogP contribution in [0.5, 0.6) is 0 Å². The summed E-state index contributed by atoms with van der Waals surface area (Å²) in [5, 5.41) is 3.68. The molecule has 3 N–H and O–H groups in total. The Labute approximate surface area is 198 Å². The fraction of sp³-hybridized carbons (Fsp3) is 0.0833. The van der Waals surface area contributed by atoms with Gasteiger partial charge in [0.1, 0.15) is 11.6 Å². The van der Waals surface area contributed by atoms with Crippen molar-refractivity contribution < 1.29 is 23.1 Å². The van der Waals surface area contributed by atoms with Crippen molar-refractivity contribution in [1.82, 2.24) is 15.3 Å². The molecule has 0 spiro atoms. The summed E-state index contributed by atoms with van der Waals surface area (Å²) in [5.74, 6) is -1.04. The SMILES string of the molecule is COC(=O)c1cc(-c2cc(Cl)c3oc(CNC(=O)/C=C/c4ccc(N)nc4)cc3c2)ncc1F. The van der Waals surface area contributed by atoms with E-state index in [0.717, 1.165) is 11.8 Å². The van der Waals surface area contributed by atoms with Gasteiger partial charge in [0.25, 0.3) is 0 Å². The zero-order chi connectivity index (χ0) is 24.2. The zero-order valence-electron chi connectivity index (χ0n) is 17.8. The molecule has 10 heteroatoms. The third-order valence-electron chi connectivity index (χ3n) is 4.85. The molecule has 0 fully saturated rings. The molecule has 34 heavy (non-hydrogen) atoms. The Kier molecular flexibility index (Phi) is 6.55. The topological polar surface area (TPSA) is 120 Å². The van der Waals surface area contributed by atoms with Gasteiger partial charge in [-0.2, -0.15) is 0 Å². The van der Waals surface area contributed by atoms with Crippen LogP contribution in [-0.2, 0) is 16.1 Å². The van der Waals surface area contributed by atoms with Crippen molar-refractivity contribution in [2.75, 3.05) is 12.8 Å². The van der Waals surface area contributed by atoms with E-state index in [1.165, 1.54) is 19.3 Å². The van der Waals surface area contributed by atoms with E-state index in [1.54, 1.807) is 42.6 Å².